The maximum atomic E-state index is 11.2. The molecule has 1 atom stereocenters. The second kappa shape index (κ2) is 8.14. The summed E-state index contributed by atoms with van der Waals surface area (Å²) < 4.78 is 1.93. The first-order chi connectivity index (χ1) is 12.6. The van der Waals surface area contributed by atoms with Crippen LogP contribution >= 0.6 is 11.8 Å². The quantitative estimate of drug-likeness (QED) is 0.354. The van der Waals surface area contributed by atoms with Crippen molar-refractivity contribution in [1.29, 1.82) is 0 Å². The Kier molecular flexibility index (Phi) is 5.68. The van der Waals surface area contributed by atoms with Crippen LogP contribution in [0.2, 0.25) is 0 Å². The number of hydrogen-bond acceptors (Lipinski definition) is 5. The Morgan fingerprint density at radius 1 is 1.12 bits per heavy atom. The van der Waals surface area contributed by atoms with E-state index >= 15 is 0 Å². The van der Waals surface area contributed by atoms with E-state index < -0.39 is 0 Å². The first-order valence-corrected chi connectivity index (χ1v) is 9.31. The number of nitro groups is 1. The highest BCUT2D eigenvalue weighted by Crippen LogP contribution is 2.36. The molecule has 3 rings (SSSR count). The molecular formula is C19H20N4O2S. The van der Waals surface area contributed by atoms with E-state index in [1.807, 2.05) is 66.1 Å². The molecule has 0 N–H and O–H groups in total. The van der Waals surface area contributed by atoms with E-state index in [4.69, 9.17) is 0 Å². The van der Waals surface area contributed by atoms with Gasteiger partial charge in [0, 0.05) is 10.6 Å². The van der Waals surface area contributed by atoms with Gasteiger partial charge in [0.2, 0.25) is 6.54 Å². The van der Waals surface area contributed by atoms with Crippen molar-refractivity contribution in [2.45, 2.75) is 30.7 Å². The van der Waals surface area contributed by atoms with Crippen LogP contribution in [0.15, 0.2) is 59.8 Å². The van der Waals surface area contributed by atoms with E-state index in [0.29, 0.717) is 5.16 Å². The van der Waals surface area contributed by atoms with Crippen LogP contribution in [0.1, 0.15) is 29.1 Å². The summed E-state index contributed by atoms with van der Waals surface area (Å²) in [7, 11) is 0. The Bertz CT molecular complexity index is 878. The molecule has 0 aliphatic rings. The zero-order valence-corrected chi connectivity index (χ0v) is 15.5. The average molecular weight is 368 g/mol. The smallest absolute Gasteiger partial charge is 0.220 e. The van der Waals surface area contributed by atoms with Crippen LogP contribution in [-0.2, 0) is 6.42 Å². The van der Waals surface area contributed by atoms with Crippen LogP contribution in [0, 0.1) is 17.0 Å². The van der Waals surface area contributed by atoms with Crippen molar-refractivity contribution in [3.8, 4) is 5.69 Å². The van der Waals surface area contributed by atoms with Crippen molar-refractivity contribution in [2.24, 2.45) is 0 Å². The normalized spacial score (nSPS) is 12.1. The van der Waals surface area contributed by atoms with Gasteiger partial charge in [-0.3, -0.25) is 14.7 Å². The average Bonchev–Trinajstić information content (AvgIpc) is 3.02. The lowest BCUT2D eigenvalue weighted by Gasteiger charge is -2.14. The van der Waals surface area contributed by atoms with Crippen LogP contribution in [0.25, 0.3) is 5.69 Å². The molecule has 0 fully saturated rings. The predicted molar refractivity (Wildman–Crippen MR) is 102 cm³/mol. The SMILES string of the molecule is CCc1ccc([C@@H](C[N+](=O)[O-])Sc2nnc(C)n2-c2ccccc2)cc1. The predicted octanol–water partition coefficient (Wildman–Crippen LogP) is 4.25. The highest BCUT2D eigenvalue weighted by molar-refractivity contribution is 7.99. The van der Waals surface area contributed by atoms with Crippen molar-refractivity contribution in [1.82, 2.24) is 14.8 Å². The van der Waals surface area contributed by atoms with Gasteiger partial charge in [-0.15, -0.1) is 10.2 Å². The molecule has 6 nitrogen and oxygen atoms in total. The van der Waals surface area contributed by atoms with E-state index in [1.54, 1.807) is 0 Å². The molecule has 2 aromatic carbocycles. The molecule has 0 aliphatic carbocycles. The zero-order valence-electron chi connectivity index (χ0n) is 14.7. The van der Waals surface area contributed by atoms with Gasteiger partial charge in [0.1, 0.15) is 11.1 Å². The molecular weight excluding hydrogens is 348 g/mol. The summed E-state index contributed by atoms with van der Waals surface area (Å²) >= 11 is 1.37. The topological polar surface area (TPSA) is 73.8 Å². The van der Waals surface area contributed by atoms with E-state index in [0.717, 1.165) is 23.5 Å². The highest BCUT2D eigenvalue weighted by atomic mass is 32.2. The van der Waals surface area contributed by atoms with Gasteiger partial charge in [-0.2, -0.15) is 0 Å². The van der Waals surface area contributed by atoms with Gasteiger partial charge >= 0.3 is 0 Å². The number of benzene rings is 2. The third-order valence-electron chi connectivity index (χ3n) is 4.13. The number of thioether (sulfide) groups is 1. The number of hydrogen-bond donors (Lipinski definition) is 0. The number of nitrogens with zero attached hydrogens (tertiary/aromatic N) is 4. The Morgan fingerprint density at radius 2 is 1.81 bits per heavy atom. The fraction of sp³-hybridized carbons (Fsp3) is 0.263. The lowest BCUT2D eigenvalue weighted by atomic mass is 10.1. The summed E-state index contributed by atoms with van der Waals surface area (Å²) in [4.78, 5) is 10.9. The number of aromatic nitrogens is 3. The minimum Gasteiger partial charge on any atom is -0.274 e. The maximum absolute atomic E-state index is 11.2. The summed E-state index contributed by atoms with van der Waals surface area (Å²) in [6.45, 7) is 3.79. The van der Waals surface area contributed by atoms with Gasteiger partial charge in [-0.25, -0.2) is 0 Å². The Labute approximate surface area is 156 Å². The fourth-order valence-corrected chi connectivity index (χ4v) is 3.91. The third kappa shape index (κ3) is 4.11. The molecule has 134 valence electrons. The van der Waals surface area contributed by atoms with Crippen molar-refractivity contribution in [2.75, 3.05) is 6.54 Å². The Balaban J connectivity index is 1.94. The van der Waals surface area contributed by atoms with E-state index in [1.165, 1.54) is 17.3 Å². The maximum Gasteiger partial charge on any atom is 0.220 e. The van der Waals surface area contributed by atoms with Gasteiger partial charge in [0.25, 0.3) is 0 Å². The summed E-state index contributed by atoms with van der Waals surface area (Å²) in [5.74, 6) is 0.750. The molecule has 0 saturated carbocycles. The van der Waals surface area contributed by atoms with Crippen molar-refractivity contribution in [3.63, 3.8) is 0 Å². The molecule has 0 unspecified atom stereocenters. The lowest BCUT2D eigenvalue weighted by Crippen LogP contribution is -2.11. The first kappa shape index (κ1) is 18.1. The summed E-state index contributed by atoms with van der Waals surface area (Å²) in [6, 6.07) is 17.8. The minimum atomic E-state index is -0.332. The van der Waals surface area contributed by atoms with E-state index in [2.05, 4.69) is 17.1 Å². The molecule has 26 heavy (non-hydrogen) atoms. The monoisotopic (exact) mass is 368 g/mol. The van der Waals surface area contributed by atoms with Gasteiger partial charge < -0.3 is 0 Å². The molecule has 0 bridgehead atoms. The third-order valence-corrected chi connectivity index (χ3v) is 5.31. The highest BCUT2D eigenvalue weighted by Gasteiger charge is 2.23. The van der Waals surface area contributed by atoms with E-state index in [9.17, 15) is 10.1 Å². The van der Waals surface area contributed by atoms with Crippen LogP contribution in [0.5, 0.6) is 0 Å². The number of aryl methyl sites for hydroxylation is 2. The summed E-state index contributed by atoms with van der Waals surface area (Å²) in [6.07, 6.45) is 0.939. The van der Waals surface area contributed by atoms with Crippen LogP contribution in [0.4, 0.5) is 0 Å². The molecule has 1 aromatic heterocycles. The molecule has 7 heteroatoms. The van der Waals surface area contributed by atoms with Crippen LogP contribution in [0.3, 0.4) is 0 Å². The van der Waals surface area contributed by atoms with Gasteiger partial charge in [-0.1, -0.05) is 61.2 Å². The Morgan fingerprint density at radius 3 is 2.42 bits per heavy atom. The number of rotatable bonds is 7. The summed E-state index contributed by atoms with van der Waals surface area (Å²) in [5.41, 5.74) is 3.07. The number of para-hydroxylation sites is 1. The summed E-state index contributed by atoms with van der Waals surface area (Å²) in [5, 5.41) is 19.9. The van der Waals surface area contributed by atoms with Crippen molar-refractivity contribution < 1.29 is 4.92 Å². The van der Waals surface area contributed by atoms with Gasteiger partial charge in [-0.05, 0) is 36.6 Å². The molecule has 1 heterocycles. The van der Waals surface area contributed by atoms with E-state index in [-0.39, 0.29) is 16.7 Å². The van der Waals surface area contributed by atoms with Gasteiger partial charge in [0.05, 0.1) is 0 Å². The Hall–Kier alpha value is -2.67. The molecule has 0 amide bonds. The fourth-order valence-electron chi connectivity index (χ4n) is 2.73. The molecule has 3 aromatic rings. The second-order valence-electron chi connectivity index (χ2n) is 5.92. The standard InChI is InChI=1S/C19H20N4O2S/c1-3-15-9-11-16(12-10-15)18(13-22(24)25)26-19-21-20-14(2)23(19)17-7-5-4-6-8-17/h4-12,18H,3,13H2,1-2H3/t18-/m1/s1. The second-order valence-corrected chi connectivity index (χ2v) is 7.09. The largest absolute Gasteiger partial charge is 0.274 e. The lowest BCUT2D eigenvalue weighted by molar-refractivity contribution is -0.479. The minimum absolute atomic E-state index is 0.170. The zero-order chi connectivity index (χ0) is 18.5. The van der Waals surface area contributed by atoms with Gasteiger partial charge in [0.15, 0.2) is 5.16 Å². The molecule has 0 aliphatic heterocycles. The van der Waals surface area contributed by atoms with Crippen molar-refractivity contribution >= 4 is 11.8 Å². The molecule has 0 saturated heterocycles. The molecule has 0 radical (unpaired) electrons. The molecule has 0 spiro atoms. The van der Waals surface area contributed by atoms with Crippen LogP contribution in [-0.4, -0.2) is 26.2 Å². The van der Waals surface area contributed by atoms with Crippen molar-refractivity contribution in [3.05, 3.63) is 81.7 Å². The first-order valence-electron chi connectivity index (χ1n) is 8.43. The van der Waals surface area contributed by atoms with Crippen LogP contribution < -0.4 is 0 Å².